The van der Waals surface area contributed by atoms with Crippen LogP contribution in [0.15, 0.2) is 41.8 Å². The quantitative estimate of drug-likeness (QED) is 0.562. The van der Waals surface area contributed by atoms with Crippen LogP contribution in [-0.2, 0) is 11.2 Å². The van der Waals surface area contributed by atoms with Crippen LogP contribution in [0.25, 0.3) is 16.6 Å². The zero-order valence-corrected chi connectivity index (χ0v) is 17.9. The van der Waals surface area contributed by atoms with Crippen molar-refractivity contribution in [1.82, 2.24) is 19.5 Å². The number of nitrogens with zero attached hydrogens (tertiary/aromatic N) is 5. The zero-order chi connectivity index (χ0) is 21.2. The third-order valence-electron chi connectivity index (χ3n) is 6.71. The number of ether oxygens (including phenoxy) is 1. The van der Waals surface area contributed by atoms with Gasteiger partial charge in [-0.2, -0.15) is 10.2 Å². The van der Waals surface area contributed by atoms with Gasteiger partial charge in [-0.1, -0.05) is 6.07 Å². The van der Waals surface area contributed by atoms with Crippen LogP contribution in [0.4, 0.5) is 11.4 Å². The van der Waals surface area contributed by atoms with E-state index in [1.165, 1.54) is 12.8 Å². The molecule has 2 aliphatic rings. The lowest BCUT2D eigenvalue weighted by molar-refractivity contribution is -0.0182. The van der Waals surface area contributed by atoms with Crippen molar-refractivity contribution in [3.63, 3.8) is 0 Å². The number of aromatic nitrogens is 3. The van der Waals surface area contributed by atoms with E-state index in [1.807, 2.05) is 42.2 Å². The Hall–Kier alpha value is -2.84. The Kier molecular flexibility index (Phi) is 5.65. The Morgan fingerprint density at radius 1 is 1.23 bits per heavy atom. The number of morpholine rings is 1. The molecule has 0 atom stereocenters. The summed E-state index contributed by atoms with van der Waals surface area (Å²) in [4.78, 5) is 7.25. The summed E-state index contributed by atoms with van der Waals surface area (Å²) in [5.74, 6) is 1.69. The summed E-state index contributed by atoms with van der Waals surface area (Å²) in [6.45, 7) is 3.94. The second kappa shape index (κ2) is 8.72. The fraction of sp³-hybridized carbons (Fsp3) is 0.478. The second-order valence-electron chi connectivity index (χ2n) is 8.51. The van der Waals surface area contributed by atoms with Gasteiger partial charge in [-0.05, 0) is 48.9 Å². The lowest BCUT2D eigenvalue weighted by atomic mass is 9.76. The van der Waals surface area contributed by atoms with E-state index < -0.39 is 0 Å². The molecule has 1 aliphatic carbocycles. The van der Waals surface area contributed by atoms with E-state index in [2.05, 4.69) is 26.4 Å². The van der Waals surface area contributed by atoms with Crippen molar-refractivity contribution < 1.29 is 4.74 Å². The Balaban J connectivity index is 1.23. The number of aryl methyl sites for hydroxylation is 1. The lowest BCUT2D eigenvalue weighted by Crippen LogP contribution is -2.49. The minimum absolute atomic E-state index is 0.625. The van der Waals surface area contributed by atoms with E-state index in [-0.39, 0.29) is 0 Å². The average Bonchev–Trinajstić information content (AvgIpc) is 3.21. The molecule has 162 valence electrons. The third-order valence-corrected chi connectivity index (χ3v) is 6.71. The molecule has 0 amide bonds. The van der Waals surface area contributed by atoms with Gasteiger partial charge in [0.1, 0.15) is 11.5 Å². The standard InChI is InChI=1S/C23H29N7O/c1-25-21-14-17(3-4-20(21)27-24)19-6-7-30-22(19)15-26-23(28-30)5-2-16-12-18(13-16)29-8-10-31-11-9-29/h3-4,6-7,14-16,18,24-25H,2,5,8-13H2,1H3. The molecular formula is C23H29N7O. The molecule has 1 saturated carbocycles. The zero-order valence-electron chi connectivity index (χ0n) is 17.9. The normalized spacial score (nSPS) is 21.7. The summed E-state index contributed by atoms with van der Waals surface area (Å²) < 4.78 is 7.39. The van der Waals surface area contributed by atoms with Crippen molar-refractivity contribution in [1.29, 1.82) is 5.53 Å². The van der Waals surface area contributed by atoms with E-state index in [1.54, 1.807) is 0 Å². The predicted molar refractivity (Wildman–Crippen MR) is 120 cm³/mol. The number of hydrogen-bond acceptors (Lipinski definition) is 7. The van der Waals surface area contributed by atoms with Crippen LogP contribution in [-0.4, -0.2) is 58.9 Å². The Bertz CT molecular complexity index is 1070. The second-order valence-corrected chi connectivity index (χ2v) is 8.51. The van der Waals surface area contributed by atoms with Gasteiger partial charge in [0.2, 0.25) is 0 Å². The Morgan fingerprint density at radius 2 is 2.06 bits per heavy atom. The molecule has 1 aromatic carbocycles. The predicted octanol–water partition coefficient (Wildman–Crippen LogP) is 4.14. The van der Waals surface area contributed by atoms with Crippen molar-refractivity contribution in [2.75, 3.05) is 38.7 Å². The summed E-state index contributed by atoms with van der Waals surface area (Å²) in [6, 6.07) is 8.67. The molecule has 0 spiro atoms. The average molecular weight is 420 g/mol. The molecule has 8 heteroatoms. The van der Waals surface area contributed by atoms with Crippen LogP contribution in [0.2, 0.25) is 0 Å². The summed E-state index contributed by atoms with van der Waals surface area (Å²) >= 11 is 0. The molecule has 1 saturated heterocycles. The van der Waals surface area contributed by atoms with Gasteiger partial charge in [0.15, 0.2) is 0 Å². The minimum atomic E-state index is 0.625. The number of fused-ring (bicyclic) bond motifs is 1. The van der Waals surface area contributed by atoms with Crippen LogP contribution in [0, 0.1) is 11.4 Å². The molecule has 8 nitrogen and oxygen atoms in total. The van der Waals surface area contributed by atoms with Crippen molar-refractivity contribution in [3.05, 3.63) is 42.5 Å². The van der Waals surface area contributed by atoms with Crippen LogP contribution in [0.5, 0.6) is 0 Å². The molecular weight excluding hydrogens is 390 g/mol. The highest BCUT2D eigenvalue weighted by Gasteiger charge is 2.33. The Labute approximate surface area is 182 Å². The van der Waals surface area contributed by atoms with Gasteiger partial charge < -0.3 is 10.1 Å². The first-order valence-corrected chi connectivity index (χ1v) is 11.1. The summed E-state index contributed by atoms with van der Waals surface area (Å²) in [7, 11) is 1.84. The molecule has 1 aliphatic heterocycles. The SMILES string of the molecule is CNc1cc(-c2ccn3nc(CCC4CC(N5CCOCC5)C4)ncc23)ccc1N=N. The number of benzene rings is 1. The highest BCUT2D eigenvalue weighted by Crippen LogP contribution is 2.35. The first-order valence-electron chi connectivity index (χ1n) is 11.1. The van der Waals surface area contributed by atoms with Crippen molar-refractivity contribution in [3.8, 4) is 11.1 Å². The maximum atomic E-state index is 7.29. The van der Waals surface area contributed by atoms with E-state index in [0.29, 0.717) is 5.69 Å². The van der Waals surface area contributed by atoms with Crippen molar-refractivity contribution in [2.45, 2.75) is 31.7 Å². The van der Waals surface area contributed by atoms with Crippen LogP contribution in [0.3, 0.4) is 0 Å². The number of nitrogens with one attached hydrogen (secondary N) is 2. The number of anilines is 1. The van der Waals surface area contributed by atoms with Gasteiger partial charge in [-0.25, -0.2) is 15.0 Å². The minimum Gasteiger partial charge on any atom is -0.386 e. The topological polar surface area (TPSA) is 90.9 Å². The van der Waals surface area contributed by atoms with Gasteiger partial charge in [0, 0.05) is 44.4 Å². The molecule has 5 rings (SSSR count). The fourth-order valence-corrected chi connectivity index (χ4v) is 4.81. The van der Waals surface area contributed by atoms with E-state index >= 15 is 0 Å². The van der Waals surface area contributed by atoms with Gasteiger partial charge in [0.25, 0.3) is 0 Å². The van der Waals surface area contributed by atoms with Gasteiger partial charge in [-0.15, -0.1) is 0 Å². The number of hydrogen-bond donors (Lipinski definition) is 2. The smallest absolute Gasteiger partial charge is 0.149 e. The highest BCUT2D eigenvalue weighted by molar-refractivity contribution is 5.84. The fourth-order valence-electron chi connectivity index (χ4n) is 4.81. The monoisotopic (exact) mass is 419 g/mol. The molecule has 2 fully saturated rings. The Morgan fingerprint density at radius 3 is 2.84 bits per heavy atom. The van der Waals surface area contributed by atoms with E-state index in [9.17, 15) is 0 Å². The van der Waals surface area contributed by atoms with E-state index in [4.69, 9.17) is 15.4 Å². The number of rotatable bonds is 7. The van der Waals surface area contributed by atoms with Crippen molar-refractivity contribution in [2.24, 2.45) is 11.0 Å². The highest BCUT2D eigenvalue weighted by atomic mass is 16.5. The molecule has 3 heterocycles. The molecule has 3 aromatic rings. The van der Waals surface area contributed by atoms with E-state index in [0.717, 1.165) is 79.3 Å². The molecule has 0 bridgehead atoms. The molecule has 0 unspecified atom stereocenters. The maximum Gasteiger partial charge on any atom is 0.149 e. The third kappa shape index (κ3) is 4.05. The molecule has 0 radical (unpaired) electrons. The summed E-state index contributed by atoms with van der Waals surface area (Å²) in [5.41, 5.74) is 11.9. The van der Waals surface area contributed by atoms with Crippen LogP contribution >= 0.6 is 0 Å². The molecule has 31 heavy (non-hydrogen) atoms. The van der Waals surface area contributed by atoms with Gasteiger partial charge >= 0.3 is 0 Å². The van der Waals surface area contributed by atoms with Crippen molar-refractivity contribution >= 4 is 16.9 Å². The first-order chi connectivity index (χ1) is 15.2. The first kappa shape index (κ1) is 20.1. The molecule has 2 N–H and O–H groups in total. The lowest BCUT2D eigenvalue weighted by Gasteiger charge is -2.44. The van der Waals surface area contributed by atoms with Crippen LogP contribution in [0.1, 0.15) is 25.1 Å². The summed E-state index contributed by atoms with van der Waals surface area (Å²) in [5, 5.41) is 11.4. The van der Waals surface area contributed by atoms with Gasteiger partial charge in [0.05, 0.1) is 30.6 Å². The van der Waals surface area contributed by atoms with Gasteiger partial charge in [-0.3, -0.25) is 4.90 Å². The molecule has 2 aromatic heterocycles. The van der Waals surface area contributed by atoms with Crippen LogP contribution < -0.4 is 5.32 Å². The maximum absolute atomic E-state index is 7.29. The summed E-state index contributed by atoms with van der Waals surface area (Å²) in [6.07, 6.45) is 8.60. The largest absolute Gasteiger partial charge is 0.386 e.